The number of anilines is 1. The van der Waals surface area contributed by atoms with Crippen LogP contribution in [0.3, 0.4) is 0 Å². The van der Waals surface area contributed by atoms with Crippen molar-refractivity contribution >= 4 is 38.3 Å². The average Bonchev–Trinajstić information content (AvgIpc) is 3.07. The summed E-state index contributed by atoms with van der Waals surface area (Å²) < 4.78 is 27.8. The first kappa shape index (κ1) is 24.7. The summed E-state index contributed by atoms with van der Waals surface area (Å²) in [4.78, 5) is 27.9. The second kappa shape index (κ2) is 10.1. The predicted molar refractivity (Wildman–Crippen MR) is 138 cm³/mol. The van der Waals surface area contributed by atoms with Crippen LogP contribution < -0.4 is 9.62 Å². The lowest BCUT2D eigenvalue weighted by Crippen LogP contribution is -2.48. The molecule has 0 aromatic heterocycles. The van der Waals surface area contributed by atoms with E-state index in [1.54, 1.807) is 30.1 Å². The summed E-state index contributed by atoms with van der Waals surface area (Å²) in [5, 5.41) is 4.27. The van der Waals surface area contributed by atoms with Crippen molar-refractivity contribution in [3.63, 3.8) is 0 Å². The zero-order chi connectivity index (χ0) is 25.2. The van der Waals surface area contributed by atoms with Crippen molar-refractivity contribution < 1.29 is 18.0 Å². The smallest absolute Gasteiger partial charge is 0.265 e. The molecule has 1 atom stereocenters. The van der Waals surface area contributed by atoms with Crippen LogP contribution in [-0.4, -0.2) is 44.8 Å². The van der Waals surface area contributed by atoms with Gasteiger partial charge in [0.1, 0.15) is 6.04 Å². The van der Waals surface area contributed by atoms with Gasteiger partial charge >= 0.3 is 0 Å². The van der Waals surface area contributed by atoms with E-state index < -0.39 is 16.1 Å². The SMILES string of the molecule is CC[C@H](C(=O)NC)N(Cc1ccccc1C)C(=O)CCCN1c2cccc3cccc(c23)S1(=O)=O. The van der Waals surface area contributed by atoms with Crippen molar-refractivity contribution in [3.8, 4) is 0 Å². The van der Waals surface area contributed by atoms with Gasteiger partial charge in [-0.05, 0) is 48.4 Å². The van der Waals surface area contributed by atoms with Gasteiger partial charge in [0.25, 0.3) is 10.0 Å². The van der Waals surface area contributed by atoms with E-state index in [0.717, 1.165) is 21.9 Å². The normalized spacial score (nSPS) is 14.7. The molecule has 184 valence electrons. The van der Waals surface area contributed by atoms with Gasteiger partial charge in [-0.2, -0.15) is 0 Å². The molecule has 3 aromatic rings. The fourth-order valence-corrected chi connectivity index (χ4v) is 6.52. The van der Waals surface area contributed by atoms with Crippen LogP contribution in [0.5, 0.6) is 0 Å². The van der Waals surface area contributed by atoms with Gasteiger partial charge in [-0.3, -0.25) is 13.9 Å². The van der Waals surface area contributed by atoms with Crippen molar-refractivity contribution in [2.45, 2.75) is 50.6 Å². The molecule has 0 fully saturated rings. The predicted octanol–water partition coefficient (Wildman–Crippen LogP) is 3.99. The lowest BCUT2D eigenvalue weighted by Gasteiger charge is -2.31. The molecule has 1 N–H and O–H groups in total. The molecule has 1 heterocycles. The van der Waals surface area contributed by atoms with Gasteiger partial charge in [-0.25, -0.2) is 8.42 Å². The first-order valence-electron chi connectivity index (χ1n) is 11.9. The van der Waals surface area contributed by atoms with Crippen LogP contribution in [0, 0.1) is 6.92 Å². The average molecular weight is 494 g/mol. The van der Waals surface area contributed by atoms with Crippen LogP contribution in [-0.2, 0) is 26.2 Å². The van der Waals surface area contributed by atoms with E-state index in [-0.39, 0.29) is 24.8 Å². The molecule has 2 amide bonds. The fourth-order valence-electron chi connectivity index (χ4n) is 4.77. The zero-order valence-corrected chi connectivity index (χ0v) is 21.1. The lowest BCUT2D eigenvalue weighted by molar-refractivity contribution is -0.141. The van der Waals surface area contributed by atoms with Crippen molar-refractivity contribution in [2.75, 3.05) is 17.9 Å². The molecule has 1 aliphatic rings. The number of carbonyl (C=O) groups excluding carboxylic acids is 2. The lowest BCUT2D eigenvalue weighted by atomic mass is 10.1. The molecule has 1 aliphatic heterocycles. The molecular weight excluding hydrogens is 462 g/mol. The van der Waals surface area contributed by atoms with Crippen LogP contribution in [0.4, 0.5) is 5.69 Å². The summed E-state index contributed by atoms with van der Waals surface area (Å²) in [6.07, 6.45) is 0.962. The Morgan fingerprint density at radius 1 is 1.03 bits per heavy atom. The van der Waals surface area contributed by atoms with Crippen LogP contribution in [0.1, 0.15) is 37.3 Å². The molecule has 4 rings (SSSR count). The molecule has 8 heteroatoms. The van der Waals surface area contributed by atoms with Gasteiger partial charge in [0, 0.05) is 31.9 Å². The number of hydrogen-bond donors (Lipinski definition) is 1. The largest absolute Gasteiger partial charge is 0.357 e. The fraction of sp³-hybridized carbons (Fsp3) is 0.333. The van der Waals surface area contributed by atoms with Crippen molar-refractivity contribution in [1.82, 2.24) is 10.2 Å². The highest BCUT2D eigenvalue weighted by molar-refractivity contribution is 7.93. The molecule has 0 bridgehead atoms. The zero-order valence-electron chi connectivity index (χ0n) is 20.3. The maximum absolute atomic E-state index is 13.4. The van der Waals surface area contributed by atoms with Crippen molar-refractivity contribution in [1.29, 1.82) is 0 Å². The molecular formula is C27H31N3O4S. The highest BCUT2D eigenvalue weighted by Gasteiger charge is 2.35. The third-order valence-corrected chi connectivity index (χ3v) is 8.52. The molecule has 7 nitrogen and oxygen atoms in total. The van der Waals surface area contributed by atoms with Crippen molar-refractivity contribution in [2.24, 2.45) is 0 Å². The first-order chi connectivity index (χ1) is 16.8. The number of nitrogens with zero attached hydrogens (tertiary/aromatic N) is 2. The molecule has 3 aromatic carbocycles. The quantitative estimate of drug-likeness (QED) is 0.488. The van der Waals surface area contributed by atoms with Gasteiger partial charge in [0.2, 0.25) is 11.8 Å². The van der Waals surface area contributed by atoms with E-state index in [4.69, 9.17) is 0 Å². The topological polar surface area (TPSA) is 86.8 Å². The standard InChI is InChI=1S/C27H31N3O4S/c1-4-22(27(32)28-3)29(18-21-11-6-5-10-19(21)2)25(31)16-9-17-30-23-14-7-12-20-13-8-15-24(26(20)23)35(30,33)34/h5-8,10-15,22H,4,9,16-18H2,1-3H3,(H,28,32)/t22-/m1/s1. The number of likely N-dealkylation sites (N-methyl/N-ethyl adjacent to an activating group) is 1. The maximum atomic E-state index is 13.4. The number of rotatable bonds is 9. The van der Waals surface area contributed by atoms with Crippen LogP contribution in [0.25, 0.3) is 10.8 Å². The summed E-state index contributed by atoms with van der Waals surface area (Å²) in [5.41, 5.74) is 2.68. The van der Waals surface area contributed by atoms with Crippen LogP contribution in [0.15, 0.2) is 65.6 Å². The van der Waals surface area contributed by atoms with E-state index in [9.17, 15) is 18.0 Å². The monoisotopic (exact) mass is 493 g/mol. The highest BCUT2D eigenvalue weighted by Crippen LogP contribution is 2.42. The summed E-state index contributed by atoms with van der Waals surface area (Å²) in [7, 11) is -2.10. The Balaban J connectivity index is 1.53. The molecule has 0 saturated heterocycles. The first-order valence-corrected chi connectivity index (χ1v) is 13.3. The number of hydrogen-bond acceptors (Lipinski definition) is 4. The molecule has 0 spiro atoms. The van der Waals surface area contributed by atoms with E-state index in [1.165, 1.54) is 4.31 Å². The molecule has 0 aliphatic carbocycles. The van der Waals surface area contributed by atoms with Crippen molar-refractivity contribution in [3.05, 3.63) is 71.8 Å². The Labute approximate surface area is 206 Å². The molecule has 35 heavy (non-hydrogen) atoms. The minimum absolute atomic E-state index is 0.137. The van der Waals surface area contributed by atoms with Gasteiger partial charge in [-0.1, -0.05) is 55.5 Å². The Morgan fingerprint density at radius 2 is 1.74 bits per heavy atom. The second-order valence-electron chi connectivity index (χ2n) is 8.80. The highest BCUT2D eigenvalue weighted by atomic mass is 32.2. The van der Waals surface area contributed by atoms with E-state index in [0.29, 0.717) is 30.0 Å². The number of benzene rings is 3. The third kappa shape index (κ3) is 4.62. The maximum Gasteiger partial charge on any atom is 0.265 e. The van der Waals surface area contributed by atoms with Crippen LogP contribution in [0.2, 0.25) is 0 Å². The van der Waals surface area contributed by atoms with Crippen LogP contribution >= 0.6 is 0 Å². The van der Waals surface area contributed by atoms with E-state index in [2.05, 4.69) is 5.32 Å². The number of sulfonamides is 1. The van der Waals surface area contributed by atoms with E-state index in [1.807, 2.05) is 56.3 Å². The Kier molecular flexibility index (Phi) is 7.12. The minimum atomic E-state index is -3.66. The Morgan fingerprint density at radius 3 is 2.43 bits per heavy atom. The number of amides is 2. The number of carbonyl (C=O) groups is 2. The molecule has 0 radical (unpaired) electrons. The van der Waals surface area contributed by atoms with E-state index >= 15 is 0 Å². The molecule has 0 unspecified atom stereocenters. The Bertz CT molecular complexity index is 1360. The minimum Gasteiger partial charge on any atom is -0.357 e. The van der Waals surface area contributed by atoms with Gasteiger partial charge < -0.3 is 10.2 Å². The molecule has 0 saturated carbocycles. The number of aryl methyl sites for hydroxylation is 1. The van der Waals surface area contributed by atoms with Gasteiger partial charge in [0.15, 0.2) is 0 Å². The summed E-state index contributed by atoms with van der Waals surface area (Å²) in [5.74, 6) is -0.380. The second-order valence-corrected chi connectivity index (χ2v) is 10.6. The Hall–Kier alpha value is -3.39. The summed E-state index contributed by atoms with van der Waals surface area (Å²) in [6.45, 7) is 4.38. The summed E-state index contributed by atoms with van der Waals surface area (Å²) >= 11 is 0. The third-order valence-electron chi connectivity index (χ3n) is 6.67. The number of nitrogens with one attached hydrogen (secondary N) is 1. The van der Waals surface area contributed by atoms with Gasteiger partial charge in [-0.15, -0.1) is 0 Å². The van der Waals surface area contributed by atoms with Gasteiger partial charge in [0.05, 0.1) is 10.6 Å². The summed E-state index contributed by atoms with van der Waals surface area (Å²) in [6, 6.07) is 18.0.